The Bertz CT molecular complexity index is 501. The van der Waals surface area contributed by atoms with Gasteiger partial charge in [0.2, 0.25) is 0 Å². The average molecular weight is 190 g/mol. The summed E-state index contributed by atoms with van der Waals surface area (Å²) in [4.78, 5) is 4.22. The third kappa shape index (κ3) is 1.22. The van der Waals surface area contributed by atoms with Gasteiger partial charge in [-0.25, -0.2) is 4.98 Å². The highest BCUT2D eigenvalue weighted by molar-refractivity contribution is 5.87. The van der Waals surface area contributed by atoms with Gasteiger partial charge in [0.25, 0.3) is 0 Å². The second kappa shape index (κ2) is 3.10. The molecule has 0 radical (unpaired) electrons. The Morgan fingerprint density at radius 1 is 1.57 bits per heavy atom. The number of hydrogen-bond donors (Lipinski definition) is 1. The minimum atomic E-state index is 0.760. The fourth-order valence-electron chi connectivity index (χ4n) is 1.46. The summed E-state index contributed by atoms with van der Waals surface area (Å²) in [5.41, 5.74) is 2.51. The summed E-state index contributed by atoms with van der Waals surface area (Å²) in [7, 11) is 1.85. The quantitative estimate of drug-likeness (QED) is 0.416. The maximum absolute atomic E-state index is 8.39. The topological polar surface area (TPSA) is 63.3 Å². The number of rotatable bonds is 1. The number of aryl methyl sites for hydroxylation is 2. The van der Waals surface area contributed by atoms with E-state index >= 15 is 0 Å². The van der Waals surface area contributed by atoms with Crippen LogP contribution in [-0.2, 0) is 7.05 Å². The zero-order valence-corrected chi connectivity index (χ0v) is 7.97. The van der Waals surface area contributed by atoms with E-state index < -0.39 is 0 Å². The fourth-order valence-corrected chi connectivity index (χ4v) is 1.46. The Hall–Kier alpha value is -1.91. The Balaban J connectivity index is 2.70. The molecule has 14 heavy (non-hydrogen) atoms. The zero-order valence-electron chi connectivity index (χ0n) is 7.97. The van der Waals surface area contributed by atoms with Crippen LogP contribution in [0.25, 0.3) is 11.0 Å². The van der Waals surface area contributed by atoms with Crippen LogP contribution in [0, 0.1) is 6.92 Å². The summed E-state index contributed by atoms with van der Waals surface area (Å²) >= 11 is 0. The predicted octanol–water partition coefficient (Wildman–Crippen LogP) is 1.08. The van der Waals surface area contributed by atoms with E-state index in [2.05, 4.69) is 15.2 Å². The molecule has 0 aliphatic rings. The van der Waals surface area contributed by atoms with Crippen molar-refractivity contribution in [1.82, 2.24) is 14.8 Å². The van der Waals surface area contributed by atoms with Crippen LogP contribution in [-0.4, -0.2) is 26.2 Å². The van der Waals surface area contributed by atoms with E-state index in [9.17, 15) is 0 Å². The van der Waals surface area contributed by atoms with Crippen LogP contribution >= 0.6 is 0 Å². The van der Waals surface area contributed by atoms with Crippen LogP contribution < -0.4 is 0 Å². The van der Waals surface area contributed by atoms with Gasteiger partial charge in [-0.2, -0.15) is 5.10 Å². The molecule has 0 unspecified atom stereocenters. The first kappa shape index (κ1) is 8.68. The van der Waals surface area contributed by atoms with Gasteiger partial charge in [0.15, 0.2) is 5.65 Å². The van der Waals surface area contributed by atoms with Gasteiger partial charge in [-0.15, -0.1) is 0 Å². The van der Waals surface area contributed by atoms with Gasteiger partial charge >= 0.3 is 0 Å². The minimum absolute atomic E-state index is 0.760. The van der Waals surface area contributed by atoms with E-state index in [1.54, 1.807) is 10.9 Å². The van der Waals surface area contributed by atoms with Crippen molar-refractivity contribution in [1.29, 1.82) is 0 Å². The molecule has 0 saturated carbocycles. The first-order chi connectivity index (χ1) is 6.72. The summed E-state index contributed by atoms with van der Waals surface area (Å²) in [5.74, 6) is 0. The van der Waals surface area contributed by atoms with Crippen LogP contribution in [0.2, 0.25) is 0 Å². The summed E-state index contributed by atoms with van der Waals surface area (Å²) in [6, 6.07) is 1.89. The molecule has 5 heteroatoms. The lowest BCUT2D eigenvalue weighted by molar-refractivity contribution is 0.322. The van der Waals surface area contributed by atoms with Crippen molar-refractivity contribution in [2.75, 3.05) is 0 Å². The third-order valence-electron chi connectivity index (χ3n) is 2.09. The largest absolute Gasteiger partial charge is 0.411 e. The lowest BCUT2D eigenvalue weighted by Gasteiger charge is -1.94. The maximum Gasteiger partial charge on any atom is 0.157 e. The number of hydrogen-bond acceptors (Lipinski definition) is 4. The normalized spacial score (nSPS) is 11.6. The molecule has 72 valence electrons. The SMILES string of the molecule is Cc1nn(C)c2ncc(C=NO)cc12. The highest BCUT2D eigenvalue weighted by Crippen LogP contribution is 2.15. The molecule has 0 aliphatic carbocycles. The molecule has 0 fully saturated rings. The number of nitrogens with zero attached hydrogens (tertiary/aromatic N) is 4. The summed E-state index contributed by atoms with van der Waals surface area (Å²) < 4.78 is 1.73. The lowest BCUT2D eigenvalue weighted by atomic mass is 10.2. The standard InChI is InChI=1S/C9H10N4O/c1-6-8-3-7(5-11-14)4-10-9(8)13(2)12-6/h3-5,14H,1-2H3. The Morgan fingerprint density at radius 3 is 3.07 bits per heavy atom. The average Bonchev–Trinajstić information content (AvgIpc) is 2.43. The number of pyridine rings is 1. The Labute approximate surface area is 80.7 Å². The van der Waals surface area contributed by atoms with Gasteiger partial charge in [-0.3, -0.25) is 4.68 Å². The second-order valence-corrected chi connectivity index (χ2v) is 3.09. The zero-order chi connectivity index (χ0) is 10.1. The van der Waals surface area contributed by atoms with Gasteiger partial charge in [0.1, 0.15) is 0 Å². The molecule has 2 heterocycles. The number of fused-ring (bicyclic) bond motifs is 1. The predicted molar refractivity (Wildman–Crippen MR) is 52.6 cm³/mol. The monoisotopic (exact) mass is 190 g/mol. The Morgan fingerprint density at radius 2 is 2.36 bits per heavy atom. The summed E-state index contributed by atoms with van der Waals surface area (Å²) in [6.45, 7) is 1.92. The molecule has 0 saturated heterocycles. The molecule has 0 aromatic carbocycles. The smallest absolute Gasteiger partial charge is 0.157 e. The van der Waals surface area contributed by atoms with Gasteiger partial charge in [-0.05, 0) is 13.0 Å². The van der Waals surface area contributed by atoms with Crippen LogP contribution in [0.3, 0.4) is 0 Å². The first-order valence-corrected chi connectivity index (χ1v) is 4.19. The van der Waals surface area contributed by atoms with E-state index in [4.69, 9.17) is 5.21 Å². The lowest BCUT2D eigenvalue weighted by Crippen LogP contribution is -1.92. The maximum atomic E-state index is 8.39. The van der Waals surface area contributed by atoms with E-state index in [1.165, 1.54) is 6.21 Å². The van der Waals surface area contributed by atoms with E-state index in [1.807, 2.05) is 20.0 Å². The van der Waals surface area contributed by atoms with Crippen molar-refractivity contribution in [2.24, 2.45) is 12.2 Å². The molecule has 2 aromatic heterocycles. The van der Waals surface area contributed by atoms with Crippen LogP contribution in [0.5, 0.6) is 0 Å². The minimum Gasteiger partial charge on any atom is -0.411 e. The number of oxime groups is 1. The van der Waals surface area contributed by atoms with Gasteiger partial charge in [-0.1, -0.05) is 5.16 Å². The van der Waals surface area contributed by atoms with E-state index in [0.29, 0.717) is 0 Å². The summed E-state index contributed by atoms with van der Waals surface area (Å²) in [5, 5.41) is 16.6. The van der Waals surface area contributed by atoms with E-state index in [0.717, 1.165) is 22.3 Å². The molecule has 1 N–H and O–H groups in total. The molecular weight excluding hydrogens is 180 g/mol. The number of aromatic nitrogens is 3. The van der Waals surface area contributed by atoms with Crippen LogP contribution in [0.1, 0.15) is 11.3 Å². The van der Waals surface area contributed by atoms with E-state index in [-0.39, 0.29) is 0 Å². The second-order valence-electron chi connectivity index (χ2n) is 3.09. The van der Waals surface area contributed by atoms with Crippen molar-refractivity contribution < 1.29 is 5.21 Å². The van der Waals surface area contributed by atoms with Crippen molar-refractivity contribution >= 4 is 17.2 Å². The van der Waals surface area contributed by atoms with Gasteiger partial charge in [0, 0.05) is 24.2 Å². The molecule has 0 amide bonds. The molecule has 5 nitrogen and oxygen atoms in total. The van der Waals surface area contributed by atoms with Crippen molar-refractivity contribution in [3.05, 3.63) is 23.5 Å². The Kier molecular flexibility index (Phi) is 1.92. The molecular formula is C9H10N4O. The van der Waals surface area contributed by atoms with Crippen molar-refractivity contribution in [2.45, 2.75) is 6.92 Å². The molecule has 0 aliphatic heterocycles. The summed E-state index contributed by atoms with van der Waals surface area (Å²) in [6.07, 6.45) is 2.99. The van der Waals surface area contributed by atoms with Crippen molar-refractivity contribution in [3.8, 4) is 0 Å². The highest BCUT2D eigenvalue weighted by atomic mass is 16.4. The molecule has 0 spiro atoms. The van der Waals surface area contributed by atoms with Crippen LogP contribution in [0.15, 0.2) is 17.4 Å². The highest BCUT2D eigenvalue weighted by Gasteiger charge is 2.05. The van der Waals surface area contributed by atoms with Crippen LogP contribution in [0.4, 0.5) is 0 Å². The molecule has 2 aromatic rings. The fraction of sp³-hybridized carbons (Fsp3) is 0.222. The van der Waals surface area contributed by atoms with Gasteiger partial charge in [0.05, 0.1) is 11.9 Å². The third-order valence-corrected chi connectivity index (χ3v) is 2.09. The molecule has 2 rings (SSSR count). The van der Waals surface area contributed by atoms with Gasteiger partial charge < -0.3 is 5.21 Å². The first-order valence-electron chi connectivity index (χ1n) is 4.19. The molecule has 0 atom stereocenters. The van der Waals surface area contributed by atoms with Crippen molar-refractivity contribution in [3.63, 3.8) is 0 Å². The molecule has 0 bridgehead atoms.